The van der Waals surface area contributed by atoms with Crippen molar-refractivity contribution in [3.63, 3.8) is 0 Å². The van der Waals surface area contributed by atoms with Crippen molar-refractivity contribution in [3.05, 3.63) is 46.5 Å². The highest BCUT2D eigenvalue weighted by Gasteiger charge is 2.22. The topological polar surface area (TPSA) is 12.0 Å². The van der Waals surface area contributed by atoms with E-state index in [4.69, 9.17) is 23.2 Å². The van der Waals surface area contributed by atoms with Gasteiger partial charge in [-0.2, -0.15) is 0 Å². The summed E-state index contributed by atoms with van der Waals surface area (Å²) in [6.45, 7) is 8.53. The molecule has 0 fully saturated rings. The Kier molecular flexibility index (Phi) is 4.21. The molecule has 0 atom stereocenters. The minimum atomic E-state index is -0.212. The molecule has 0 spiro atoms. The molecule has 0 radical (unpaired) electrons. The fourth-order valence-electron chi connectivity index (χ4n) is 1.41. The van der Waals surface area contributed by atoms with E-state index >= 15 is 0 Å². The van der Waals surface area contributed by atoms with E-state index in [9.17, 15) is 0 Å². The fourth-order valence-corrected chi connectivity index (χ4v) is 1.95. The lowest BCUT2D eigenvalue weighted by atomic mass is 9.94. The van der Waals surface area contributed by atoms with Crippen LogP contribution >= 0.6 is 23.2 Å². The SMILES string of the molecule is C=CCNC(C)(C)c1cccc(Cl)c1Cl. The summed E-state index contributed by atoms with van der Waals surface area (Å²) in [5.41, 5.74) is 0.786. The van der Waals surface area contributed by atoms with E-state index in [-0.39, 0.29) is 5.54 Å². The minimum absolute atomic E-state index is 0.212. The summed E-state index contributed by atoms with van der Waals surface area (Å²) < 4.78 is 0. The van der Waals surface area contributed by atoms with Crippen molar-refractivity contribution in [2.24, 2.45) is 0 Å². The quantitative estimate of drug-likeness (QED) is 0.789. The highest BCUT2D eigenvalue weighted by Crippen LogP contribution is 2.32. The Morgan fingerprint density at radius 2 is 2.07 bits per heavy atom. The van der Waals surface area contributed by atoms with E-state index < -0.39 is 0 Å². The third-order valence-electron chi connectivity index (χ3n) is 2.31. The summed E-state index contributed by atoms with van der Waals surface area (Å²) in [4.78, 5) is 0. The third-order valence-corrected chi connectivity index (χ3v) is 3.13. The highest BCUT2D eigenvalue weighted by molar-refractivity contribution is 6.42. The van der Waals surface area contributed by atoms with Crippen LogP contribution < -0.4 is 5.32 Å². The number of benzene rings is 1. The van der Waals surface area contributed by atoms with Crippen LogP contribution in [0, 0.1) is 0 Å². The smallest absolute Gasteiger partial charge is 0.0642 e. The largest absolute Gasteiger partial charge is 0.304 e. The minimum Gasteiger partial charge on any atom is -0.304 e. The van der Waals surface area contributed by atoms with Crippen molar-refractivity contribution in [2.75, 3.05) is 6.54 Å². The summed E-state index contributed by atoms with van der Waals surface area (Å²) in [5.74, 6) is 0. The maximum absolute atomic E-state index is 6.16. The molecule has 0 aromatic heterocycles. The van der Waals surface area contributed by atoms with Gasteiger partial charge in [0.1, 0.15) is 0 Å². The average Bonchev–Trinajstić information content (AvgIpc) is 2.19. The van der Waals surface area contributed by atoms with Crippen LogP contribution in [-0.4, -0.2) is 6.54 Å². The number of nitrogens with one attached hydrogen (secondary N) is 1. The van der Waals surface area contributed by atoms with Gasteiger partial charge in [-0.05, 0) is 25.5 Å². The molecule has 0 aliphatic carbocycles. The van der Waals surface area contributed by atoms with Gasteiger partial charge in [0.05, 0.1) is 10.0 Å². The van der Waals surface area contributed by atoms with Crippen LogP contribution in [0.15, 0.2) is 30.9 Å². The molecule has 3 heteroatoms. The third kappa shape index (κ3) is 2.97. The molecule has 15 heavy (non-hydrogen) atoms. The van der Waals surface area contributed by atoms with E-state index in [1.54, 1.807) is 6.07 Å². The van der Waals surface area contributed by atoms with Gasteiger partial charge in [-0.25, -0.2) is 0 Å². The average molecular weight is 244 g/mol. The number of hydrogen-bond acceptors (Lipinski definition) is 1. The van der Waals surface area contributed by atoms with Crippen LogP contribution in [0.4, 0.5) is 0 Å². The lowest BCUT2D eigenvalue weighted by molar-refractivity contribution is 0.426. The van der Waals surface area contributed by atoms with Gasteiger partial charge in [-0.15, -0.1) is 6.58 Å². The van der Waals surface area contributed by atoms with Crippen LogP contribution in [0.5, 0.6) is 0 Å². The molecule has 0 heterocycles. The molecule has 0 saturated heterocycles. The predicted molar refractivity (Wildman–Crippen MR) is 67.7 cm³/mol. The van der Waals surface area contributed by atoms with Crippen LogP contribution in [-0.2, 0) is 5.54 Å². The molecule has 1 rings (SSSR count). The van der Waals surface area contributed by atoms with Gasteiger partial charge < -0.3 is 5.32 Å². The molecule has 0 aliphatic heterocycles. The first kappa shape index (κ1) is 12.6. The van der Waals surface area contributed by atoms with E-state index in [1.165, 1.54) is 0 Å². The number of halogens is 2. The van der Waals surface area contributed by atoms with E-state index in [1.807, 2.05) is 18.2 Å². The zero-order valence-corrected chi connectivity index (χ0v) is 10.5. The maximum Gasteiger partial charge on any atom is 0.0642 e. The van der Waals surface area contributed by atoms with Gasteiger partial charge in [0.25, 0.3) is 0 Å². The van der Waals surface area contributed by atoms with Crippen LogP contribution in [0.25, 0.3) is 0 Å². The van der Waals surface area contributed by atoms with Crippen LogP contribution in [0.2, 0.25) is 10.0 Å². The van der Waals surface area contributed by atoms with Gasteiger partial charge in [-0.1, -0.05) is 41.4 Å². The molecule has 82 valence electrons. The molecule has 1 N–H and O–H groups in total. The van der Waals surface area contributed by atoms with Gasteiger partial charge in [0.2, 0.25) is 0 Å². The van der Waals surface area contributed by atoms with Crippen LogP contribution in [0.1, 0.15) is 19.4 Å². The first-order valence-corrected chi connectivity index (χ1v) is 5.55. The second kappa shape index (κ2) is 5.02. The Hall–Kier alpha value is -0.500. The van der Waals surface area contributed by atoms with Crippen LogP contribution in [0.3, 0.4) is 0 Å². The lowest BCUT2D eigenvalue weighted by Crippen LogP contribution is -2.36. The van der Waals surface area contributed by atoms with E-state index in [0.29, 0.717) is 10.0 Å². The molecule has 1 aromatic rings. The van der Waals surface area contributed by atoms with Gasteiger partial charge in [0.15, 0.2) is 0 Å². The van der Waals surface area contributed by atoms with E-state index in [2.05, 4.69) is 25.7 Å². The van der Waals surface area contributed by atoms with E-state index in [0.717, 1.165) is 12.1 Å². The lowest BCUT2D eigenvalue weighted by Gasteiger charge is -2.27. The van der Waals surface area contributed by atoms with Gasteiger partial charge in [0, 0.05) is 12.1 Å². The molecule has 1 aromatic carbocycles. The molecule has 1 nitrogen and oxygen atoms in total. The molecule has 0 aliphatic rings. The zero-order chi connectivity index (χ0) is 11.5. The standard InChI is InChI=1S/C12H15Cl2N/c1-4-8-15-12(2,3)9-6-5-7-10(13)11(9)14/h4-7,15H,1,8H2,2-3H3. The summed E-state index contributed by atoms with van der Waals surface area (Å²) in [5, 5.41) is 4.53. The Balaban J connectivity index is 3.03. The van der Waals surface area contributed by atoms with Crippen molar-refractivity contribution < 1.29 is 0 Å². The Morgan fingerprint density at radius 3 is 2.67 bits per heavy atom. The summed E-state index contributed by atoms with van der Waals surface area (Å²) in [6, 6.07) is 5.67. The monoisotopic (exact) mass is 243 g/mol. The second-order valence-electron chi connectivity index (χ2n) is 3.90. The first-order valence-electron chi connectivity index (χ1n) is 4.79. The second-order valence-corrected chi connectivity index (χ2v) is 4.68. The van der Waals surface area contributed by atoms with Crippen molar-refractivity contribution in [1.82, 2.24) is 5.32 Å². The normalized spacial score (nSPS) is 11.5. The molecular formula is C12H15Cl2N. The van der Waals surface area contributed by atoms with Crippen molar-refractivity contribution in [1.29, 1.82) is 0 Å². The highest BCUT2D eigenvalue weighted by atomic mass is 35.5. The first-order chi connectivity index (χ1) is 6.99. The molecule has 0 saturated carbocycles. The fraction of sp³-hybridized carbons (Fsp3) is 0.333. The number of rotatable bonds is 4. The summed E-state index contributed by atoms with van der Waals surface area (Å²) in [6.07, 6.45) is 1.82. The summed E-state index contributed by atoms with van der Waals surface area (Å²) in [7, 11) is 0. The molecule has 0 unspecified atom stereocenters. The molecule has 0 amide bonds. The Morgan fingerprint density at radius 1 is 1.40 bits per heavy atom. The van der Waals surface area contributed by atoms with Crippen molar-refractivity contribution in [2.45, 2.75) is 19.4 Å². The molecular weight excluding hydrogens is 229 g/mol. The van der Waals surface area contributed by atoms with Gasteiger partial charge in [-0.3, -0.25) is 0 Å². The summed E-state index contributed by atoms with van der Waals surface area (Å²) >= 11 is 12.1. The predicted octanol–water partition coefficient (Wildman–Crippen LogP) is 4.00. The Labute approximate surface area is 101 Å². The number of hydrogen-bond donors (Lipinski definition) is 1. The zero-order valence-electron chi connectivity index (χ0n) is 8.98. The molecule has 0 bridgehead atoms. The van der Waals surface area contributed by atoms with Gasteiger partial charge >= 0.3 is 0 Å². The maximum atomic E-state index is 6.16. The van der Waals surface area contributed by atoms with Crippen molar-refractivity contribution in [3.8, 4) is 0 Å². The Bertz CT molecular complexity index is 359. The van der Waals surface area contributed by atoms with Crippen molar-refractivity contribution >= 4 is 23.2 Å².